The highest BCUT2D eigenvalue weighted by molar-refractivity contribution is 6.37. The molecule has 4 nitrogen and oxygen atoms in total. The quantitative estimate of drug-likeness (QED) is 0.633. The smallest absolute Gasteiger partial charge is 0.272 e. The predicted molar refractivity (Wildman–Crippen MR) is 104 cm³/mol. The summed E-state index contributed by atoms with van der Waals surface area (Å²) in [6.45, 7) is 1.62. The molecule has 150 valence electrons. The monoisotopic (exact) mass is 428 g/mol. The van der Waals surface area contributed by atoms with E-state index in [-0.39, 0.29) is 31.0 Å². The van der Waals surface area contributed by atoms with Gasteiger partial charge in [-0.05, 0) is 44.0 Å². The van der Waals surface area contributed by atoms with Crippen molar-refractivity contribution >= 4 is 29.1 Å². The van der Waals surface area contributed by atoms with Crippen molar-refractivity contribution in [2.45, 2.75) is 32.3 Å². The number of carbonyl (C=O) groups is 1. The van der Waals surface area contributed by atoms with Crippen molar-refractivity contribution in [2.24, 2.45) is 5.92 Å². The topological polar surface area (TPSA) is 42.4 Å². The fraction of sp³-hybridized carbons (Fsp3) is 0.400. The zero-order valence-corrected chi connectivity index (χ0v) is 16.8. The molecule has 1 fully saturated rings. The van der Waals surface area contributed by atoms with Gasteiger partial charge in [0.25, 0.3) is 5.91 Å². The lowest BCUT2D eigenvalue weighted by molar-refractivity contribution is -0.0595. The first-order chi connectivity index (χ1) is 13.3. The molecule has 2 aromatic rings. The number of pyridine rings is 1. The number of alkyl halides is 2. The molecule has 0 radical (unpaired) electrons. The average molecular weight is 429 g/mol. The number of hydrogen-bond donors (Lipinski definition) is 0. The molecular weight excluding hydrogens is 409 g/mol. The molecule has 0 aliphatic carbocycles. The molecule has 1 aliphatic rings. The first kappa shape index (κ1) is 20.8. The number of piperidine rings is 1. The van der Waals surface area contributed by atoms with Gasteiger partial charge in [0.05, 0.1) is 15.7 Å². The number of carbonyl (C=O) groups excluding carboxylic acids is 1. The van der Waals surface area contributed by atoms with E-state index in [1.807, 2.05) is 0 Å². The van der Waals surface area contributed by atoms with Crippen molar-refractivity contribution < 1.29 is 18.3 Å². The molecule has 1 saturated heterocycles. The van der Waals surface area contributed by atoms with E-state index in [4.69, 9.17) is 27.9 Å². The fourth-order valence-corrected chi connectivity index (χ4v) is 3.70. The number of para-hydroxylation sites is 1. The molecule has 0 unspecified atom stereocenters. The number of amides is 1. The van der Waals surface area contributed by atoms with Crippen LogP contribution in [0.3, 0.4) is 0 Å². The summed E-state index contributed by atoms with van der Waals surface area (Å²) in [7, 11) is 0. The summed E-state index contributed by atoms with van der Waals surface area (Å²) in [5, 5.41) is 0.769. The van der Waals surface area contributed by atoms with Gasteiger partial charge in [-0.2, -0.15) is 0 Å². The highest BCUT2D eigenvalue weighted by Crippen LogP contribution is 2.34. The molecule has 28 heavy (non-hydrogen) atoms. The highest BCUT2D eigenvalue weighted by Gasteiger charge is 2.37. The van der Waals surface area contributed by atoms with E-state index in [1.165, 1.54) is 0 Å². The molecule has 0 atom stereocenters. The number of halogens is 4. The molecule has 1 amide bonds. The summed E-state index contributed by atoms with van der Waals surface area (Å²) in [4.78, 5) is 18.6. The van der Waals surface area contributed by atoms with Crippen LogP contribution < -0.4 is 4.74 Å². The fourth-order valence-electron chi connectivity index (χ4n) is 3.20. The standard InChI is InChI=1S/C20H20Cl2F2N2O2/c1-20(23,24)13-8-10-26(11-9-13)19(27)17-7-2-4-14(25-17)12-28-18-15(21)5-3-6-16(18)22/h2-7,13H,8-12H2,1H3. The first-order valence-corrected chi connectivity index (χ1v) is 9.71. The Morgan fingerprint density at radius 2 is 1.79 bits per heavy atom. The largest absolute Gasteiger partial charge is 0.484 e. The third kappa shape index (κ3) is 4.92. The van der Waals surface area contributed by atoms with Crippen molar-refractivity contribution in [3.63, 3.8) is 0 Å². The van der Waals surface area contributed by atoms with Crippen molar-refractivity contribution in [2.75, 3.05) is 13.1 Å². The highest BCUT2D eigenvalue weighted by atomic mass is 35.5. The van der Waals surface area contributed by atoms with Crippen LogP contribution in [0, 0.1) is 5.92 Å². The van der Waals surface area contributed by atoms with Crippen molar-refractivity contribution in [1.29, 1.82) is 0 Å². The molecule has 0 N–H and O–H groups in total. The predicted octanol–water partition coefficient (Wildman–Crippen LogP) is 5.47. The van der Waals surface area contributed by atoms with Gasteiger partial charge in [0.1, 0.15) is 12.3 Å². The molecule has 8 heteroatoms. The number of ether oxygens (including phenoxy) is 1. The summed E-state index contributed by atoms with van der Waals surface area (Å²) in [6.07, 6.45) is 0.562. The third-order valence-corrected chi connectivity index (χ3v) is 5.40. The van der Waals surface area contributed by atoms with Crippen LogP contribution in [0.4, 0.5) is 8.78 Å². The second-order valence-electron chi connectivity index (χ2n) is 6.88. The lowest BCUT2D eigenvalue weighted by Crippen LogP contribution is -2.42. The van der Waals surface area contributed by atoms with Crippen LogP contribution >= 0.6 is 23.2 Å². The Kier molecular flexibility index (Phi) is 6.40. The van der Waals surface area contributed by atoms with Gasteiger partial charge in [-0.15, -0.1) is 0 Å². The van der Waals surface area contributed by atoms with Crippen LogP contribution in [-0.2, 0) is 6.61 Å². The Balaban J connectivity index is 1.64. The normalized spacial score (nSPS) is 15.5. The third-order valence-electron chi connectivity index (χ3n) is 4.81. The van der Waals surface area contributed by atoms with Crippen LogP contribution in [0.25, 0.3) is 0 Å². The zero-order valence-electron chi connectivity index (χ0n) is 15.3. The second kappa shape index (κ2) is 8.62. The van der Waals surface area contributed by atoms with Gasteiger partial charge < -0.3 is 9.64 Å². The van der Waals surface area contributed by atoms with Crippen molar-refractivity contribution in [1.82, 2.24) is 9.88 Å². The maximum atomic E-state index is 13.4. The van der Waals surface area contributed by atoms with E-state index in [0.29, 0.717) is 34.6 Å². The number of aromatic nitrogens is 1. The number of rotatable bonds is 5. The van der Waals surface area contributed by atoms with E-state index in [9.17, 15) is 13.6 Å². The van der Waals surface area contributed by atoms with Gasteiger partial charge in [0, 0.05) is 19.0 Å². The van der Waals surface area contributed by atoms with Crippen LogP contribution in [0.5, 0.6) is 5.75 Å². The first-order valence-electron chi connectivity index (χ1n) is 8.95. The van der Waals surface area contributed by atoms with Gasteiger partial charge in [0.2, 0.25) is 5.92 Å². The van der Waals surface area contributed by atoms with E-state index in [0.717, 1.165) is 6.92 Å². The molecular formula is C20H20Cl2F2N2O2. The Labute approximate surface area is 172 Å². The molecule has 1 aliphatic heterocycles. The maximum Gasteiger partial charge on any atom is 0.272 e. The van der Waals surface area contributed by atoms with Gasteiger partial charge in [-0.25, -0.2) is 13.8 Å². The van der Waals surface area contributed by atoms with E-state index in [2.05, 4.69) is 4.98 Å². The molecule has 2 heterocycles. The Morgan fingerprint density at radius 1 is 1.18 bits per heavy atom. The second-order valence-corrected chi connectivity index (χ2v) is 7.69. The van der Waals surface area contributed by atoms with Gasteiger partial charge >= 0.3 is 0 Å². The maximum absolute atomic E-state index is 13.4. The number of hydrogen-bond acceptors (Lipinski definition) is 3. The zero-order chi connectivity index (χ0) is 20.3. The Hall–Kier alpha value is -1.92. The minimum Gasteiger partial charge on any atom is -0.484 e. The molecule has 3 rings (SSSR count). The summed E-state index contributed by atoms with van der Waals surface area (Å²) >= 11 is 12.2. The van der Waals surface area contributed by atoms with Crippen LogP contribution in [0.2, 0.25) is 10.0 Å². The van der Waals surface area contributed by atoms with Gasteiger partial charge in [0.15, 0.2) is 5.75 Å². The average Bonchev–Trinajstić information content (AvgIpc) is 2.67. The van der Waals surface area contributed by atoms with Crippen molar-refractivity contribution in [3.05, 3.63) is 57.8 Å². The van der Waals surface area contributed by atoms with Gasteiger partial charge in [-0.3, -0.25) is 4.79 Å². The minimum absolute atomic E-state index is 0.0920. The van der Waals surface area contributed by atoms with E-state index >= 15 is 0 Å². The summed E-state index contributed by atoms with van der Waals surface area (Å²) < 4.78 is 32.5. The SMILES string of the molecule is CC(F)(F)C1CCN(C(=O)c2cccc(COc3c(Cl)cccc3Cl)n2)CC1. The van der Waals surface area contributed by atoms with Crippen molar-refractivity contribution in [3.8, 4) is 5.75 Å². The van der Waals surface area contributed by atoms with Gasteiger partial charge in [-0.1, -0.05) is 35.3 Å². The van der Waals surface area contributed by atoms with Crippen LogP contribution in [0.15, 0.2) is 36.4 Å². The van der Waals surface area contributed by atoms with Crippen LogP contribution in [0.1, 0.15) is 35.9 Å². The van der Waals surface area contributed by atoms with Crippen LogP contribution in [-0.4, -0.2) is 34.8 Å². The Bertz CT molecular complexity index is 830. The molecule has 1 aromatic heterocycles. The lowest BCUT2D eigenvalue weighted by Gasteiger charge is -2.34. The number of likely N-dealkylation sites (tertiary alicyclic amines) is 1. The van der Waals surface area contributed by atoms with E-state index < -0.39 is 11.8 Å². The molecule has 0 spiro atoms. The van der Waals surface area contributed by atoms with E-state index in [1.54, 1.807) is 41.3 Å². The summed E-state index contributed by atoms with van der Waals surface area (Å²) in [5.41, 5.74) is 0.796. The lowest BCUT2D eigenvalue weighted by atomic mass is 9.91. The number of benzene rings is 1. The summed E-state index contributed by atoms with van der Waals surface area (Å²) in [6, 6.07) is 10.1. The summed E-state index contributed by atoms with van der Waals surface area (Å²) in [5.74, 6) is -3.32. The molecule has 0 bridgehead atoms. The minimum atomic E-state index is -2.72. The number of nitrogens with zero attached hydrogens (tertiary/aromatic N) is 2. The molecule has 1 aromatic carbocycles. The molecule has 0 saturated carbocycles. The Morgan fingerprint density at radius 3 is 2.39 bits per heavy atom.